The fourth-order valence-electron chi connectivity index (χ4n) is 2.16. The molecule has 0 fully saturated rings. The first kappa shape index (κ1) is 13.7. The minimum Gasteiger partial charge on any atom is -0.385 e. The number of anilines is 1. The molecule has 0 aliphatic carbocycles. The number of halogens is 2. The van der Waals surface area contributed by atoms with Crippen LogP contribution in [0.3, 0.4) is 0 Å². The molecule has 2 nitrogen and oxygen atoms in total. The summed E-state index contributed by atoms with van der Waals surface area (Å²) >= 11 is 0. The van der Waals surface area contributed by atoms with Crippen molar-refractivity contribution in [3.8, 4) is 0 Å². The molecule has 0 radical (unpaired) electrons. The highest BCUT2D eigenvalue weighted by Gasteiger charge is 2.12. The van der Waals surface area contributed by atoms with Crippen LogP contribution in [-0.4, -0.2) is 11.5 Å². The van der Waals surface area contributed by atoms with Crippen LogP contribution in [0.25, 0.3) is 10.9 Å². The minimum absolute atomic E-state index is 0.232. The third-order valence-electron chi connectivity index (χ3n) is 2.87. The molecule has 0 spiro atoms. The van der Waals surface area contributed by atoms with Gasteiger partial charge >= 0.3 is 0 Å². The Labute approximate surface area is 111 Å². The van der Waals surface area contributed by atoms with Crippen molar-refractivity contribution in [2.45, 2.75) is 27.2 Å². The highest BCUT2D eigenvalue weighted by Crippen LogP contribution is 2.27. The van der Waals surface area contributed by atoms with E-state index < -0.39 is 11.6 Å². The van der Waals surface area contributed by atoms with Crippen molar-refractivity contribution in [2.24, 2.45) is 5.92 Å². The van der Waals surface area contributed by atoms with Gasteiger partial charge in [0, 0.05) is 29.4 Å². The van der Waals surface area contributed by atoms with Crippen molar-refractivity contribution >= 4 is 16.6 Å². The summed E-state index contributed by atoms with van der Waals surface area (Å²) in [5, 5.41) is 3.64. The lowest BCUT2D eigenvalue weighted by molar-refractivity contribution is 0.589. The zero-order valence-electron chi connectivity index (χ0n) is 11.4. The minimum atomic E-state index is -0.611. The SMILES string of the molecule is CCNc1cc(CC(C)C)nc2c(F)cc(F)cc12. The molecule has 1 aromatic heterocycles. The van der Waals surface area contributed by atoms with E-state index in [2.05, 4.69) is 24.1 Å². The Hall–Kier alpha value is -1.71. The van der Waals surface area contributed by atoms with Crippen LogP contribution in [0.1, 0.15) is 26.5 Å². The molecule has 0 atom stereocenters. The van der Waals surface area contributed by atoms with E-state index >= 15 is 0 Å². The average Bonchev–Trinajstić information content (AvgIpc) is 2.30. The Morgan fingerprint density at radius 1 is 1.21 bits per heavy atom. The molecular formula is C15H18F2N2. The molecule has 0 saturated carbocycles. The van der Waals surface area contributed by atoms with E-state index in [1.54, 1.807) is 0 Å². The van der Waals surface area contributed by atoms with Crippen molar-refractivity contribution in [2.75, 3.05) is 11.9 Å². The van der Waals surface area contributed by atoms with Gasteiger partial charge < -0.3 is 5.32 Å². The maximum absolute atomic E-state index is 13.9. The standard InChI is InChI=1S/C15H18F2N2/c1-4-18-14-8-11(5-9(2)3)19-15-12(14)6-10(16)7-13(15)17/h6-9H,4-5H2,1-3H3,(H,18,19). The molecule has 0 aliphatic heterocycles. The number of benzene rings is 1. The smallest absolute Gasteiger partial charge is 0.152 e. The molecule has 0 bridgehead atoms. The van der Waals surface area contributed by atoms with Crippen LogP contribution in [0.15, 0.2) is 18.2 Å². The van der Waals surface area contributed by atoms with Gasteiger partial charge in [-0.15, -0.1) is 0 Å². The van der Waals surface area contributed by atoms with Crippen molar-refractivity contribution in [1.82, 2.24) is 4.98 Å². The van der Waals surface area contributed by atoms with Crippen LogP contribution in [0, 0.1) is 17.6 Å². The number of rotatable bonds is 4. The molecule has 102 valence electrons. The number of hydrogen-bond donors (Lipinski definition) is 1. The van der Waals surface area contributed by atoms with Gasteiger partial charge in [-0.3, -0.25) is 0 Å². The van der Waals surface area contributed by atoms with E-state index in [4.69, 9.17) is 0 Å². The lowest BCUT2D eigenvalue weighted by Crippen LogP contribution is -2.04. The monoisotopic (exact) mass is 264 g/mol. The maximum atomic E-state index is 13.9. The Morgan fingerprint density at radius 2 is 1.95 bits per heavy atom. The molecule has 19 heavy (non-hydrogen) atoms. The van der Waals surface area contributed by atoms with E-state index in [9.17, 15) is 8.78 Å². The predicted molar refractivity (Wildman–Crippen MR) is 74.4 cm³/mol. The van der Waals surface area contributed by atoms with E-state index in [0.29, 0.717) is 17.8 Å². The number of nitrogens with zero attached hydrogens (tertiary/aromatic N) is 1. The lowest BCUT2D eigenvalue weighted by Gasteiger charge is -2.12. The van der Waals surface area contributed by atoms with Gasteiger partial charge in [0.05, 0.1) is 0 Å². The zero-order valence-corrected chi connectivity index (χ0v) is 11.4. The van der Waals surface area contributed by atoms with Crippen molar-refractivity contribution < 1.29 is 8.78 Å². The number of nitrogens with one attached hydrogen (secondary N) is 1. The number of hydrogen-bond acceptors (Lipinski definition) is 2. The Kier molecular flexibility index (Phi) is 3.98. The Bertz CT molecular complexity index is 594. The van der Waals surface area contributed by atoms with Gasteiger partial charge in [-0.25, -0.2) is 13.8 Å². The van der Waals surface area contributed by atoms with Crippen molar-refractivity contribution in [3.63, 3.8) is 0 Å². The summed E-state index contributed by atoms with van der Waals surface area (Å²) in [7, 11) is 0. The van der Waals surface area contributed by atoms with Gasteiger partial charge in [-0.1, -0.05) is 13.8 Å². The number of aromatic nitrogens is 1. The first-order valence-electron chi connectivity index (χ1n) is 6.53. The van der Waals surface area contributed by atoms with Crippen LogP contribution in [-0.2, 0) is 6.42 Å². The summed E-state index contributed by atoms with van der Waals surface area (Å²) in [6.45, 7) is 6.81. The maximum Gasteiger partial charge on any atom is 0.152 e. The fraction of sp³-hybridized carbons (Fsp3) is 0.400. The highest BCUT2D eigenvalue weighted by molar-refractivity contribution is 5.91. The third kappa shape index (κ3) is 3.00. The largest absolute Gasteiger partial charge is 0.385 e. The van der Waals surface area contributed by atoms with Crippen LogP contribution >= 0.6 is 0 Å². The molecule has 2 aromatic rings. The summed E-state index contributed by atoms with van der Waals surface area (Å²) < 4.78 is 27.2. The summed E-state index contributed by atoms with van der Waals surface area (Å²) in [6, 6.07) is 4.08. The topological polar surface area (TPSA) is 24.9 Å². The molecular weight excluding hydrogens is 246 g/mol. The van der Waals surface area contributed by atoms with Gasteiger partial charge in [0.15, 0.2) is 5.82 Å². The molecule has 4 heteroatoms. The van der Waals surface area contributed by atoms with Crippen molar-refractivity contribution in [3.05, 3.63) is 35.5 Å². The predicted octanol–water partition coefficient (Wildman–Crippen LogP) is 4.14. The number of fused-ring (bicyclic) bond motifs is 1. The lowest BCUT2D eigenvalue weighted by atomic mass is 10.0. The molecule has 0 amide bonds. The highest BCUT2D eigenvalue weighted by atomic mass is 19.1. The van der Waals surface area contributed by atoms with Crippen LogP contribution in [0.2, 0.25) is 0 Å². The first-order chi connectivity index (χ1) is 9.01. The van der Waals surface area contributed by atoms with Gasteiger partial charge in [0.2, 0.25) is 0 Å². The van der Waals surface area contributed by atoms with Gasteiger partial charge in [0.25, 0.3) is 0 Å². The van der Waals surface area contributed by atoms with Crippen LogP contribution < -0.4 is 5.32 Å². The Balaban J connectivity index is 2.64. The second kappa shape index (κ2) is 5.51. The summed E-state index contributed by atoms with van der Waals surface area (Å²) in [5.74, 6) is -0.759. The summed E-state index contributed by atoms with van der Waals surface area (Å²) in [4.78, 5) is 4.32. The quantitative estimate of drug-likeness (QED) is 0.897. The molecule has 0 unspecified atom stereocenters. The Morgan fingerprint density at radius 3 is 2.58 bits per heavy atom. The summed E-state index contributed by atoms with van der Waals surface area (Å²) in [6.07, 6.45) is 0.769. The van der Waals surface area contributed by atoms with Gasteiger partial charge in [-0.05, 0) is 31.4 Å². The second-order valence-electron chi connectivity index (χ2n) is 5.07. The molecule has 0 aliphatic rings. The van der Waals surface area contributed by atoms with E-state index in [1.165, 1.54) is 6.07 Å². The third-order valence-corrected chi connectivity index (χ3v) is 2.87. The first-order valence-corrected chi connectivity index (χ1v) is 6.53. The molecule has 0 saturated heterocycles. The van der Waals surface area contributed by atoms with E-state index in [0.717, 1.165) is 23.9 Å². The van der Waals surface area contributed by atoms with Crippen molar-refractivity contribution in [1.29, 1.82) is 0 Å². The average molecular weight is 264 g/mol. The van der Waals surface area contributed by atoms with E-state index in [1.807, 2.05) is 13.0 Å². The van der Waals surface area contributed by atoms with E-state index in [-0.39, 0.29) is 5.52 Å². The molecule has 2 rings (SSSR count). The second-order valence-corrected chi connectivity index (χ2v) is 5.07. The molecule has 1 N–H and O–H groups in total. The fourth-order valence-corrected chi connectivity index (χ4v) is 2.16. The summed E-state index contributed by atoms with van der Waals surface area (Å²) in [5.41, 5.74) is 1.79. The number of pyridine rings is 1. The van der Waals surface area contributed by atoms with Gasteiger partial charge in [0.1, 0.15) is 11.3 Å². The normalized spacial score (nSPS) is 11.3. The van der Waals surface area contributed by atoms with Crippen LogP contribution in [0.5, 0.6) is 0 Å². The molecule has 1 heterocycles. The van der Waals surface area contributed by atoms with Gasteiger partial charge in [-0.2, -0.15) is 0 Å². The molecule has 1 aromatic carbocycles. The zero-order chi connectivity index (χ0) is 14.0. The van der Waals surface area contributed by atoms with Crippen LogP contribution in [0.4, 0.5) is 14.5 Å².